The van der Waals surface area contributed by atoms with Crippen LogP contribution in [-0.4, -0.2) is 15.7 Å². The van der Waals surface area contributed by atoms with Crippen molar-refractivity contribution in [2.24, 2.45) is 7.05 Å². The van der Waals surface area contributed by atoms with Crippen molar-refractivity contribution in [1.82, 2.24) is 9.78 Å². The fraction of sp³-hybridized carbons (Fsp3) is 0.167. The minimum Gasteiger partial charge on any atom is -0.321 e. The monoisotopic (exact) mass is 415 g/mol. The van der Waals surface area contributed by atoms with Gasteiger partial charge in [0.25, 0.3) is 5.91 Å². The molecule has 2 aromatic rings. The molecule has 10 heteroatoms. The van der Waals surface area contributed by atoms with Crippen molar-refractivity contribution in [1.29, 1.82) is 0 Å². The SMILES string of the molecule is Cn1nc(C(F)(F)F)c(Br)c1C(=O)Nc1ccc(Cl)c(Cl)c1. The second-order valence-corrected chi connectivity index (χ2v) is 5.82. The Balaban J connectivity index is 2.34. The van der Waals surface area contributed by atoms with Gasteiger partial charge in [0.05, 0.1) is 14.5 Å². The smallest absolute Gasteiger partial charge is 0.321 e. The Morgan fingerprint density at radius 1 is 1.32 bits per heavy atom. The van der Waals surface area contributed by atoms with E-state index in [0.29, 0.717) is 10.7 Å². The minimum atomic E-state index is -4.67. The minimum absolute atomic E-state index is 0.208. The average molecular weight is 417 g/mol. The molecule has 0 aliphatic heterocycles. The molecule has 0 saturated carbocycles. The molecule has 0 saturated heterocycles. The van der Waals surface area contributed by atoms with Gasteiger partial charge in [-0.1, -0.05) is 23.2 Å². The first-order valence-electron chi connectivity index (χ1n) is 5.67. The number of carbonyl (C=O) groups excluding carboxylic acids is 1. The maximum atomic E-state index is 12.8. The lowest BCUT2D eigenvalue weighted by atomic mass is 10.3. The number of alkyl halides is 3. The highest BCUT2D eigenvalue weighted by molar-refractivity contribution is 9.10. The number of nitrogens with zero attached hydrogens (tertiary/aromatic N) is 2. The van der Waals surface area contributed by atoms with Gasteiger partial charge >= 0.3 is 6.18 Å². The van der Waals surface area contributed by atoms with Gasteiger partial charge in [-0.25, -0.2) is 0 Å². The summed E-state index contributed by atoms with van der Waals surface area (Å²) in [5.41, 5.74) is -1.14. The third kappa shape index (κ3) is 3.39. The number of anilines is 1. The van der Waals surface area contributed by atoms with Crippen molar-refractivity contribution in [3.63, 3.8) is 0 Å². The maximum absolute atomic E-state index is 12.8. The zero-order valence-corrected chi connectivity index (χ0v) is 13.9. The van der Waals surface area contributed by atoms with Gasteiger partial charge in [0, 0.05) is 12.7 Å². The molecule has 1 N–H and O–H groups in total. The van der Waals surface area contributed by atoms with Gasteiger partial charge in [0.1, 0.15) is 5.69 Å². The van der Waals surface area contributed by atoms with Crippen LogP contribution in [0.5, 0.6) is 0 Å². The molecule has 1 heterocycles. The molecule has 2 rings (SSSR count). The van der Waals surface area contributed by atoms with Crippen LogP contribution < -0.4 is 5.32 Å². The third-order valence-corrected chi connectivity index (χ3v) is 4.14. The zero-order chi connectivity index (χ0) is 16.7. The van der Waals surface area contributed by atoms with E-state index in [9.17, 15) is 18.0 Å². The van der Waals surface area contributed by atoms with Gasteiger partial charge < -0.3 is 5.32 Å². The molecule has 1 aromatic heterocycles. The molecule has 0 fully saturated rings. The van der Waals surface area contributed by atoms with Crippen LogP contribution in [0.1, 0.15) is 16.2 Å². The van der Waals surface area contributed by atoms with Gasteiger partial charge in [-0.05, 0) is 34.1 Å². The molecule has 0 aliphatic carbocycles. The van der Waals surface area contributed by atoms with Crippen LogP contribution in [0.2, 0.25) is 10.0 Å². The van der Waals surface area contributed by atoms with Crippen LogP contribution >= 0.6 is 39.1 Å². The Kier molecular flexibility index (Phi) is 4.74. The van der Waals surface area contributed by atoms with Crippen LogP contribution in [-0.2, 0) is 13.2 Å². The Hall–Kier alpha value is -1.25. The standard InChI is InChI=1S/C12H7BrCl2F3N3O/c1-21-9(8(13)10(20-21)12(16,17)18)11(22)19-5-2-3-6(14)7(15)4-5/h2-4H,1H3,(H,19,22). The number of hydrogen-bond acceptors (Lipinski definition) is 2. The molecule has 0 spiro atoms. The summed E-state index contributed by atoms with van der Waals surface area (Å²) in [7, 11) is 1.24. The number of aryl methyl sites for hydroxylation is 1. The maximum Gasteiger partial charge on any atom is 0.436 e. The molecule has 1 amide bonds. The van der Waals surface area contributed by atoms with Crippen molar-refractivity contribution >= 4 is 50.7 Å². The normalized spacial score (nSPS) is 11.6. The summed E-state index contributed by atoms with van der Waals surface area (Å²) in [6, 6.07) is 4.32. The van der Waals surface area contributed by atoms with Crippen LogP contribution in [0, 0.1) is 0 Å². The first kappa shape index (κ1) is 17.1. The third-order valence-electron chi connectivity index (χ3n) is 2.65. The molecule has 4 nitrogen and oxygen atoms in total. The van der Waals surface area contributed by atoms with E-state index < -0.39 is 22.3 Å². The molecule has 0 unspecified atom stereocenters. The lowest BCUT2D eigenvalue weighted by molar-refractivity contribution is -0.142. The molecule has 22 heavy (non-hydrogen) atoms. The van der Waals surface area contributed by atoms with Crippen LogP contribution in [0.3, 0.4) is 0 Å². The molecule has 0 radical (unpaired) electrons. The van der Waals surface area contributed by atoms with Crippen LogP contribution in [0.25, 0.3) is 0 Å². The van der Waals surface area contributed by atoms with Gasteiger partial charge in [-0.2, -0.15) is 18.3 Å². The van der Waals surface area contributed by atoms with Crippen molar-refractivity contribution in [3.05, 3.63) is 44.1 Å². The number of nitrogens with one attached hydrogen (secondary N) is 1. The molecule has 1 aromatic carbocycles. The number of rotatable bonds is 2. The largest absolute Gasteiger partial charge is 0.436 e. The lowest BCUT2D eigenvalue weighted by Crippen LogP contribution is -2.16. The summed E-state index contributed by atoms with van der Waals surface area (Å²) < 4.78 is 38.7. The predicted octanol–water partition coefficient (Wildman–Crippen LogP) is 4.76. The molecule has 0 bridgehead atoms. The van der Waals surface area contributed by atoms with E-state index in [2.05, 4.69) is 26.3 Å². The van der Waals surface area contributed by atoms with Gasteiger partial charge in [0.2, 0.25) is 0 Å². The highest BCUT2D eigenvalue weighted by Gasteiger charge is 2.39. The highest BCUT2D eigenvalue weighted by Crippen LogP contribution is 2.36. The number of halogens is 6. The van der Waals surface area contributed by atoms with Gasteiger partial charge in [-0.15, -0.1) is 0 Å². The van der Waals surface area contributed by atoms with Crippen molar-refractivity contribution in [2.75, 3.05) is 5.32 Å². The lowest BCUT2D eigenvalue weighted by Gasteiger charge is -2.07. The first-order chi connectivity index (χ1) is 10.1. The summed E-state index contributed by atoms with van der Waals surface area (Å²) in [6.07, 6.45) is -4.67. The Morgan fingerprint density at radius 3 is 2.45 bits per heavy atom. The molecule has 0 atom stereocenters. The Morgan fingerprint density at radius 2 is 1.95 bits per heavy atom. The van der Waals surface area contributed by atoms with E-state index in [1.54, 1.807) is 0 Å². The van der Waals surface area contributed by atoms with Gasteiger partial charge in [-0.3, -0.25) is 9.48 Å². The number of benzene rings is 1. The number of amides is 1. The number of hydrogen-bond donors (Lipinski definition) is 1. The summed E-state index contributed by atoms with van der Waals surface area (Å²) in [5.74, 6) is -0.768. The molecular formula is C12H7BrCl2F3N3O. The second kappa shape index (κ2) is 6.10. The van der Waals surface area contributed by atoms with E-state index in [1.165, 1.54) is 25.2 Å². The van der Waals surface area contributed by atoms with E-state index in [4.69, 9.17) is 23.2 Å². The average Bonchev–Trinajstić information content (AvgIpc) is 2.69. The van der Waals surface area contributed by atoms with Crippen molar-refractivity contribution in [3.8, 4) is 0 Å². The fourth-order valence-corrected chi connectivity index (χ4v) is 2.73. The second-order valence-electron chi connectivity index (χ2n) is 4.22. The van der Waals surface area contributed by atoms with E-state index in [-0.39, 0.29) is 10.7 Å². The number of aromatic nitrogens is 2. The van der Waals surface area contributed by atoms with Crippen molar-refractivity contribution in [2.45, 2.75) is 6.18 Å². The topological polar surface area (TPSA) is 46.9 Å². The summed E-state index contributed by atoms with van der Waals surface area (Å²) in [5, 5.41) is 6.25. The molecule has 118 valence electrons. The van der Waals surface area contributed by atoms with Crippen LogP contribution in [0.4, 0.5) is 18.9 Å². The highest BCUT2D eigenvalue weighted by atomic mass is 79.9. The van der Waals surface area contributed by atoms with E-state index >= 15 is 0 Å². The van der Waals surface area contributed by atoms with Crippen LogP contribution in [0.15, 0.2) is 22.7 Å². The predicted molar refractivity (Wildman–Crippen MR) is 80.3 cm³/mol. The summed E-state index contributed by atoms with van der Waals surface area (Å²) in [4.78, 5) is 12.1. The summed E-state index contributed by atoms with van der Waals surface area (Å²) in [6.45, 7) is 0. The molecular weight excluding hydrogens is 410 g/mol. The zero-order valence-electron chi connectivity index (χ0n) is 10.8. The Labute approximate surface area is 141 Å². The Bertz CT molecular complexity index is 746. The fourth-order valence-electron chi connectivity index (χ4n) is 1.69. The number of carbonyl (C=O) groups is 1. The molecule has 0 aliphatic rings. The van der Waals surface area contributed by atoms with Gasteiger partial charge in [0.15, 0.2) is 5.69 Å². The van der Waals surface area contributed by atoms with E-state index in [0.717, 1.165) is 4.68 Å². The quantitative estimate of drug-likeness (QED) is 0.767. The van der Waals surface area contributed by atoms with Crippen molar-refractivity contribution < 1.29 is 18.0 Å². The summed E-state index contributed by atoms with van der Waals surface area (Å²) >= 11 is 14.3. The van der Waals surface area contributed by atoms with E-state index in [1.807, 2.05) is 0 Å². The first-order valence-corrected chi connectivity index (χ1v) is 7.22.